The number of allylic oxidation sites excluding steroid dienone is 14. The van der Waals surface area contributed by atoms with Crippen LogP contribution in [0.5, 0.6) is 0 Å². The Hall–Kier alpha value is -2.81. The van der Waals surface area contributed by atoms with Gasteiger partial charge in [0.1, 0.15) is 19.8 Å². The van der Waals surface area contributed by atoms with Gasteiger partial charge in [-0.15, -0.1) is 0 Å². The van der Waals surface area contributed by atoms with E-state index in [0.29, 0.717) is 23.9 Å². The highest BCUT2D eigenvalue weighted by atomic mass is 31.2. The molecule has 0 amide bonds. The Kier molecular flexibility index (Phi) is 59.6. The summed E-state index contributed by atoms with van der Waals surface area (Å²) in [5.41, 5.74) is 0. The van der Waals surface area contributed by atoms with Gasteiger partial charge in [-0.2, -0.15) is 0 Å². The number of rotatable bonds is 62. The molecule has 0 saturated carbocycles. The van der Waals surface area contributed by atoms with E-state index in [1.54, 1.807) is 0 Å². The SMILES string of the molecule is CC/C=C\C/C=C\C/C=C\C/C=C\C/C=C\CCCCCCCCCCCCCCCCCCCCCCCCCCCC(=O)OC(COC(=O)CCCCCCC/C=C\C/C=C\CCCCCC)COP(=O)([O-])OCC[N+](C)(C)C. The largest absolute Gasteiger partial charge is 0.756 e. The molecule has 0 fully saturated rings. The second-order valence-electron chi connectivity index (χ2n) is 23.8. The summed E-state index contributed by atoms with van der Waals surface area (Å²) in [5, 5.41) is 0. The Morgan fingerprint density at radius 2 is 0.704 bits per heavy atom. The van der Waals surface area contributed by atoms with Crippen molar-refractivity contribution in [1.82, 2.24) is 0 Å². The van der Waals surface area contributed by atoms with E-state index < -0.39 is 32.5 Å². The molecule has 0 radical (unpaired) electrons. The van der Waals surface area contributed by atoms with Crippen molar-refractivity contribution in [2.75, 3.05) is 47.5 Å². The molecule has 0 aliphatic carbocycles. The summed E-state index contributed by atoms with van der Waals surface area (Å²) < 4.78 is 34.2. The van der Waals surface area contributed by atoms with Crippen molar-refractivity contribution in [1.29, 1.82) is 0 Å². The highest BCUT2D eigenvalue weighted by Crippen LogP contribution is 2.38. The first-order valence-electron chi connectivity index (χ1n) is 33.8. The summed E-state index contributed by atoms with van der Waals surface area (Å²) in [4.78, 5) is 37.9. The number of phosphoric acid groups is 1. The standard InChI is InChI=1S/C71H128NO8P/c1-6-8-10-12-14-16-18-20-22-24-25-26-27-28-29-30-31-32-33-34-35-36-37-38-39-40-41-42-43-44-45-46-47-48-50-52-54-56-58-60-62-64-71(74)80-69(68-79-81(75,76)78-66-65-72(3,4)5)67-77-70(73)63-61-59-57-55-53-51-49-23-21-19-17-15-13-11-9-7-2/h8,10,14,16-17,19-20,22-23,25-26,28-29,49,69H,6-7,9,11-13,15,18,21,24,27,30-48,50-68H2,1-5H3/b10-8-,16-14-,19-17-,22-20-,26-25-,29-28-,49-23-. The molecule has 0 bridgehead atoms. The molecule has 0 aromatic heterocycles. The Labute approximate surface area is 501 Å². The van der Waals surface area contributed by atoms with Gasteiger partial charge in [0.25, 0.3) is 7.82 Å². The van der Waals surface area contributed by atoms with Crippen molar-refractivity contribution in [3.63, 3.8) is 0 Å². The second-order valence-corrected chi connectivity index (χ2v) is 25.2. The van der Waals surface area contributed by atoms with Crippen molar-refractivity contribution in [2.24, 2.45) is 0 Å². The summed E-state index contributed by atoms with van der Waals surface area (Å²) in [5.74, 6) is -0.839. The van der Waals surface area contributed by atoms with Gasteiger partial charge >= 0.3 is 11.9 Å². The highest BCUT2D eigenvalue weighted by molar-refractivity contribution is 7.45. The Morgan fingerprint density at radius 1 is 0.395 bits per heavy atom. The van der Waals surface area contributed by atoms with Crippen LogP contribution >= 0.6 is 7.82 Å². The number of hydrogen-bond donors (Lipinski definition) is 0. The van der Waals surface area contributed by atoms with Gasteiger partial charge in [-0.05, 0) is 89.9 Å². The highest BCUT2D eigenvalue weighted by Gasteiger charge is 2.22. The van der Waals surface area contributed by atoms with E-state index in [0.717, 1.165) is 89.9 Å². The average Bonchev–Trinajstić information content (AvgIpc) is 3.43. The van der Waals surface area contributed by atoms with Crippen LogP contribution in [0.2, 0.25) is 0 Å². The van der Waals surface area contributed by atoms with Gasteiger partial charge in [0.2, 0.25) is 0 Å². The van der Waals surface area contributed by atoms with Crippen LogP contribution in [0.4, 0.5) is 0 Å². The molecule has 0 aliphatic heterocycles. The first-order valence-corrected chi connectivity index (χ1v) is 35.3. The number of unbranched alkanes of at least 4 members (excludes halogenated alkanes) is 34. The number of esters is 2. The van der Waals surface area contributed by atoms with Gasteiger partial charge in [0.15, 0.2) is 6.10 Å². The molecular formula is C71H128NO8P. The van der Waals surface area contributed by atoms with Crippen molar-refractivity contribution in [2.45, 2.75) is 309 Å². The van der Waals surface area contributed by atoms with Gasteiger partial charge in [-0.3, -0.25) is 14.2 Å². The van der Waals surface area contributed by atoms with Gasteiger partial charge < -0.3 is 27.9 Å². The predicted molar refractivity (Wildman–Crippen MR) is 346 cm³/mol. The molecule has 0 spiro atoms. The molecule has 0 aliphatic rings. The van der Waals surface area contributed by atoms with Crippen molar-refractivity contribution in [3.05, 3.63) is 85.1 Å². The van der Waals surface area contributed by atoms with E-state index in [2.05, 4.69) is 98.9 Å². The number of ether oxygens (including phenoxy) is 2. The molecule has 0 aromatic rings. The monoisotopic (exact) mass is 1150 g/mol. The summed E-state index contributed by atoms with van der Waals surface area (Å²) in [6.45, 7) is 4.12. The molecule has 0 N–H and O–H groups in total. The first kappa shape index (κ1) is 78.2. The molecule has 81 heavy (non-hydrogen) atoms. The Balaban J connectivity index is 3.91. The summed E-state index contributed by atoms with van der Waals surface area (Å²) in [7, 11) is 1.16. The third kappa shape index (κ3) is 66.2. The van der Waals surface area contributed by atoms with Crippen molar-refractivity contribution in [3.8, 4) is 0 Å². The van der Waals surface area contributed by atoms with Gasteiger partial charge in [-0.25, -0.2) is 0 Å². The van der Waals surface area contributed by atoms with E-state index in [4.69, 9.17) is 18.5 Å². The summed E-state index contributed by atoms with van der Waals surface area (Å²) >= 11 is 0. The van der Waals surface area contributed by atoms with Crippen LogP contribution in [0.25, 0.3) is 0 Å². The minimum absolute atomic E-state index is 0.0335. The Bertz CT molecular complexity index is 1640. The lowest BCUT2D eigenvalue weighted by Crippen LogP contribution is -2.37. The smallest absolute Gasteiger partial charge is 0.306 e. The molecule has 10 heteroatoms. The zero-order valence-corrected chi connectivity index (χ0v) is 54.4. The van der Waals surface area contributed by atoms with Crippen molar-refractivity contribution < 1.29 is 42.1 Å². The first-order chi connectivity index (χ1) is 39.5. The van der Waals surface area contributed by atoms with Gasteiger partial charge in [0, 0.05) is 12.8 Å². The molecule has 0 rings (SSSR count). The zero-order chi connectivity index (χ0) is 59.1. The summed E-state index contributed by atoms with van der Waals surface area (Å²) in [6.07, 6.45) is 83.9. The molecule has 2 unspecified atom stereocenters. The van der Waals surface area contributed by atoms with E-state index in [1.807, 2.05) is 21.1 Å². The van der Waals surface area contributed by atoms with Crippen LogP contribution in [0.3, 0.4) is 0 Å². The van der Waals surface area contributed by atoms with E-state index in [9.17, 15) is 19.0 Å². The normalized spacial score (nSPS) is 13.7. The number of likely N-dealkylation sites (N-methyl/N-ethyl adjacent to an activating group) is 1. The van der Waals surface area contributed by atoms with Crippen molar-refractivity contribution >= 4 is 19.8 Å². The van der Waals surface area contributed by atoms with Crippen LogP contribution in [-0.2, 0) is 32.7 Å². The molecule has 0 saturated heterocycles. The average molecular weight is 1150 g/mol. The topological polar surface area (TPSA) is 111 Å². The quantitative estimate of drug-likeness (QED) is 0.0195. The molecular weight excluding hydrogens is 1030 g/mol. The molecule has 470 valence electrons. The number of phosphoric ester groups is 1. The number of hydrogen-bond acceptors (Lipinski definition) is 8. The molecule has 9 nitrogen and oxygen atoms in total. The van der Waals surface area contributed by atoms with Crippen LogP contribution in [0.1, 0.15) is 303 Å². The molecule has 2 atom stereocenters. The maximum atomic E-state index is 12.8. The minimum atomic E-state index is -4.64. The summed E-state index contributed by atoms with van der Waals surface area (Å²) in [6, 6.07) is 0. The minimum Gasteiger partial charge on any atom is -0.756 e. The van der Waals surface area contributed by atoms with Gasteiger partial charge in [0.05, 0.1) is 27.7 Å². The maximum Gasteiger partial charge on any atom is 0.306 e. The van der Waals surface area contributed by atoms with E-state index in [-0.39, 0.29) is 26.1 Å². The maximum absolute atomic E-state index is 12.8. The lowest BCUT2D eigenvalue weighted by Gasteiger charge is -2.28. The van der Waals surface area contributed by atoms with Crippen LogP contribution < -0.4 is 4.89 Å². The Morgan fingerprint density at radius 3 is 1.05 bits per heavy atom. The fourth-order valence-corrected chi connectivity index (χ4v) is 10.2. The fourth-order valence-electron chi connectivity index (χ4n) is 9.48. The second kappa shape index (κ2) is 61.7. The third-order valence-electron chi connectivity index (χ3n) is 14.6. The third-order valence-corrected chi connectivity index (χ3v) is 15.6. The van der Waals surface area contributed by atoms with E-state index in [1.165, 1.54) is 173 Å². The zero-order valence-electron chi connectivity index (χ0n) is 53.5. The molecule has 0 aromatic carbocycles. The van der Waals surface area contributed by atoms with Crippen LogP contribution in [-0.4, -0.2) is 70.0 Å². The van der Waals surface area contributed by atoms with Gasteiger partial charge in [-0.1, -0.05) is 285 Å². The lowest BCUT2D eigenvalue weighted by molar-refractivity contribution is -0.870. The number of carbonyl (C=O) groups excluding carboxylic acids is 2. The lowest BCUT2D eigenvalue weighted by atomic mass is 10.0. The molecule has 0 heterocycles. The predicted octanol–water partition coefficient (Wildman–Crippen LogP) is 21.1. The number of nitrogens with zero attached hydrogens (tertiary/aromatic N) is 1. The van der Waals surface area contributed by atoms with Crippen LogP contribution in [0, 0.1) is 0 Å². The number of carbonyl (C=O) groups is 2. The van der Waals surface area contributed by atoms with Crippen LogP contribution in [0.15, 0.2) is 85.1 Å². The number of quaternary nitrogens is 1. The van der Waals surface area contributed by atoms with E-state index >= 15 is 0 Å². The fraction of sp³-hybridized carbons (Fsp3) is 0.775.